The van der Waals surface area contributed by atoms with Gasteiger partial charge in [-0.2, -0.15) is 0 Å². The smallest absolute Gasteiger partial charge is 0.313 e. The summed E-state index contributed by atoms with van der Waals surface area (Å²) in [7, 11) is 0. The van der Waals surface area contributed by atoms with Gasteiger partial charge in [0.15, 0.2) is 0 Å². The number of amides is 2. The van der Waals surface area contributed by atoms with Gasteiger partial charge in [-0.1, -0.05) is 35.9 Å². The molecule has 2 amide bonds. The van der Waals surface area contributed by atoms with Crippen molar-refractivity contribution in [2.75, 3.05) is 11.9 Å². The molecule has 0 saturated carbocycles. The molecule has 3 rings (SSSR count). The standard InChI is InChI=1S/C20H19ClN2O4/c1-12-7-8-14(10-15(12)21)23-19(25)18(24)22-11-20(2,26)17-9-13-5-3-4-6-16(13)27-17/h3-10,26H,11H2,1-2H3,(H,22,24)(H,23,25). The Morgan fingerprint density at radius 1 is 1.15 bits per heavy atom. The van der Waals surface area contributed by atoms with Gasteiger partial charge in [0.1, 0.15) is 16.9 Å². The van der Waals surface area contributed by atoms with Gasteiger partial charge in [-0.25, -0.2) is 0 Å². The van der Waals surface area contributed by atoms with Crippen LogP contribution in [0.3, 0.4) is 0 Å². The number of hydrogen-bond donors (Lipinski definition) is 3. The Balaban J connectivity index is 1.62. The van der Waals surface area contributed by atoms with Crippen molar-refractivity contribution < 1.29 is 19.1 Å². The van der Waals surface area contributed by atoms with Crippen molar-refractivity contribution in [1.82, 2.24) is 5.32 Å². The van der Waals surface area contributed by atoms with Crippen molar-refractivity contribution in [3.8, 4) is 0 Å². The highest BCUT2D eigenvalue weighted by Crippen LogP contribution is 2.27. The average molecular weight is 387 g/mol. The summed E-state index contributed by atoms with van der Waals surface area (Å²) < 4.78 is 5.63. The van der Waals surface area contributed by atoms with Crippen LogP contribution in [0, 0.1) is 6.92 Å². The minimum atomic E-state index is -1.47. The maximum absolute atomic E-state index is 12.1. The Kier molecular flexibility index (Phi) is 5.21. The molecule has 27 heavy (non-hydrogen) atoms. The van der Waals surface area contributed by atoms with Crippen LogP contribution in [0.2, 0.25) is 5.02 Å². The van der Waals surface area contributed by atoms with E-state index < -0.39 is 17.4 Å². The van der Waals surface area contributed by atoms with Crippen LogP contribution in [0.25, 0.3) is 11.0 Å². The number of nitrogens with one attached hydrogen (secondary N) is 2. The number of halogens is 1. The van der Waals surface area contributed by atoms with Crippen molar-refractivity contribution in [1.29, 1.82) is 0 Å². The quantitative estimate of drug-likeness (QED) is 0.599. The number of aliphatic hydroxyl groups is 1. The average Bonchev–Trinajstić information content (AvgIpc) is 3.08. The molecule has 3 N–H and O–H groups in total. The summed E-state index contributed by atoms with van der Waals surface area (Å²) in [5, 5.41) is 16.8. The topological polar surface area (TPSA) is 91.6 Å². The summed E-state index contributed by atoms with van der Waals surface area (Å²) in [6.07, 6.45) is 0. The summed E-state index contributed by atoms with van der Waals surface area (Å²) >= 11 is 6.00. The molecule has 1 heterocycles. The first-order chi connectivity index (χ1) is 12.8. The molecule has 1 unspecified atom stereocenters. The number of para-hydroxylation sites is 1. The second kappa shape index (κ2) is 7.42. The molecular weight excluding hydrogens is 368 g/mol. The van der Waals surface area contributed by atoms with E-state index in [1.807, 2.05) is 25.1 Å². The van der Waals surface area contributed by atoms with Gasteiger partial charge in [0.25, 0.3) is 0 Å². The van der Waals surface area contributed by atoms with E-state index in [0.717, 1.165) is 10.9 Å². The Morgan fingerprint density at radius 3 is 2.59 bits per heavy atom. The van der Waals surface area contributed by atoms with E-state index in [0.29, 0.717) is 22.1 Å². The minimum Gasteiger partial charge on any atom is -0.458 e. The molecule has 0 aliphatic rings. The number of anilines is 1. The predicted molar refractivity (Wildman–Crippen MR) is 104 cm³/mol. The molecule has 140 valence electrons. The van der Waals surface area contributed by atoms with E-state index in [2.05, 4.69) is 10.6 Å². The molecule has 2 aromatic carbocycles. The highest BCUT2D eigenvalue weighted by Gasteiger charge is 2.29. The van der Waals surface area contributed by atoms with E-state index in [4.69, 9.17) is 16.0 Å². The Hall–Kier alpha value is -2.83. The second-order valence-corrected chi connectivity index (χ2v) is 6.93. The minimum absolute atomic E-state index is 0.187. The first-order valence-corrected chi connectivity index (χ1v) is 8.71. The van der Waals surface area contributed by atoms with Crippen molar-refractivity contribution in [2.45, 2.75) is 19.4 Å². The van der Waals surface area contributed by atoms with Crippen molar-refractivity contribution in [2.24, 2.45) is 0 Å². The van der Waals surface area contributed by atoms with Crippen molar-refractivity contribution >= 4 is 40.1 Å². The van der Waals surface area contributed by atoms with Gasteiger partial charge >= 0.3 is 11.8 Å². The first kappa shape index (κ1) is 18.9. The summed E-state index contributed by atoms with van der Waals surface area (Å²) in [6.45, 7) is 3.15. The van der Waals surface area contributed by atoms with Crippen LogP contribution in [0.1, 0.15) is 18.2 Å². The van der Waals surface area contributed by atoms with E-state index in [1.54, 1.807) is 30.3 Å². The maximum Gasteiger partial charge on any atom is 0.313 e. The SMILES string of the molecule is Cc1ccc(NC(=O)C(=O)NCC(C)(O)c2cc3ccccc3o2)cc1Cl. The second-order valence-electron chi connectivity index (χ2n) is 6.52. The molecular formula is C20H19ClN2O4. The highest BCUT2D eigenvalue weighted by atomic mass is 35.5. The molecule has 0 bridgehead atoms. The Labute approximate surface area is 161 Å². The molecule has 3 aromatic rings. The third kappa shape index (κ3) is 4.30. The number of carbonyl (C=O) groups is 2. The summed E-state index contributed by atoms with van der Waals surface area (Å²) in [5.74, 6) is -1.42. The molecule has 7 heteroatoms. The van der Waals surface area contributed by atoms with E-state index >= 15 is 0 Å². The van der Waals surface area contributed by atoms with Crippen LogP contribution in [-0.2, 0) is 15.2 Å². The van der Waals surface area contributed by atoms with Gasteiger partial charge in [-0.3, -0.25) is 9.59 Å². The zero-order valence-corrected chi connectivity index (χ0v) is 15.6. The number of benzene rings is 2. The Morgan fingerprint density at radius 2 is 1.89 bits per heavy atom. The van der Waals surface area contributed by atoms with Gasteiger partial charge in [-0.15, -0.1) is 0 Å². The third-order valence-electron chi connectivity index (χ3n) is 4.19. The highest BCUT2D eigenvalue weighted by molar-refractivity contribution is 6.39. The van der Waals surface area contributed by atoms with Crippen molar-refractivity contribution in [3.63, 3.8) is 0 Å². The van der Waals surface area contributed by atoms with Gasteiger partial charge in [0.2, 0.25) is 0 Å². The molecule has 0 aliphatic heterocycles. The van der Waals surface area contributed by atoms with E-state index in [1.165, 1.54) is 6.92 Å². The van der Waals surface area contributed by atoms with Crippen molar-refractivity contribution in [3.05, 3.63) is 64.9 Å². The molecule has 1 aromatic heterocycles. The molecule has 0 aliphatic carbocycles. The number of hydrogen-bond acceptors (Lipinski definition) is 4. The lowest BCUT2D eigenvalue weighted by Gasteiger charge is -2.21. The van der Waals surface area contributed by atoms with E-state index in [-0.39, 0.29) is 6.54 Å². The fourth-order valence-electron chi connectivity index (χ4n) is 2.53. The summed E-state index contributed by atoms with van der Waals surface area (Å²) in [6, 6.07) is 14.0. The van der Waals surface area contributed by atoms with Gasteiger partial charge in [0.05, 0.1) is 6.54 Å². The number of fused-ring (bicyclic) bond motifs is 1. The number of carbonyl (C=O) groups excluding carboxylic acids is 2. The van der Waals surface area contributed by atoms with Crippen LogP contribution in [0.4, 0.5) is 5.69 Å². The number of aryl methyl sites for hydroxylation is 1. The van der Waals surface area contributed by atoms with Crippen LogP contribution in [-0.4, -0.2) is 23.5 Å². The zero-order valence-electron chi connectivity index (χ0n) is 14.9. The molecule has 0 spiro atoms. The number of rotatable bonds is 4. The largest absolute Gasteiger partial charge is 0.458 e. The first-order valence-electron chi connectivity index (χ1n) is 8.33. The predicted octanol–water partition coefficient (Wildman–Crippen LogP) is 3.36. The lowest BCUT2D eigenvalue weighted by Crippen LogP contribution is -2.43. The summed E-state index contributed by atoms with van der Waals surface area (Å²) in [5.41, 5.74) is 0.436. The van der Waals surface area contributed by atoms with Crippen LogP contribution >= 0.6 is 11.6 Å². The van der Waals surface area contributed by atoms with Crippen LogP contribution in [0.15, 0.2) is 52.9 Å². The Bertz CT molecular complexity index is 977. The fraction of sp³-hybridized carbons (Fsp3) is 0.200. The van der Waals surface area contributed by atoms with Gasteiger partial charge in [0, 0.05) is 16.1 Å². The maximum atomic E-state index is 12.1. The lowest BCUT2D eigenvalue weighted by atomic mass is 10.0. The summed E-state index contributed by atoms with van der Waals surface area (Å²) in [4.78, 5) is 24.1. The fourth-order valence-corrected chi connectivity index (χ4v) is 2.71. The molecule has 1 atom stereocenters. The normalized spacial score (nSPS) is 13.2. The monoisotopic (exact) mass is 386 g/mol. The zero-order chi connectivity index (χ0) is 19.6. The number of furan rings is 1. The molecule has 6 nitrogen and oxygen atoms in total. The molecule has 0 fully saturated rings. The molecule has 0 radical (unpaired) electrons. The molecule has 0 saturated heterocycles. The van der Waals surface area contributed by atoms with Crippen LogP contribution in [0.5, 0.6) is 0 Å². The van der Waals surface area contributed by atoms with Crippen LogP contribution < -0.4 is 10.6 Å². The lowest BCUT2D eigenvalue weighted by molar-refractivity contribution is -0.136. The van der Waals surface area contributed by atoms with Gasteiger partial charge in [-0.05, 0) is 43.7 Å². The van der Waals surface area contributed by atoms with Gasteiger partial charge < -0.3 is 20.2 Å². The van der Waals surface area contributed by atoms with E-state index in [9.17, 15) is 14.7 Å². The third-order valence-corrected chi connectivity index (χ3v) is 4.59.